The molecule has 2 aromatic carbocycles. The number of hydrogen-bond acceptors (Lipinski definition) is 2. The van der Waals surface area contributed by atoms with Crippen LogP contribution in [0, 0.1) is 0 Å². The van der Waals surface area contributed by atoms with Gasteiger partial charge in [0.25, 0.3) is 0 Å². The summed E-state index contributed by atoms with van der Waals surface area (Å²) < 4.78 is 6.91. The molecule has 4 heteroatoms. The summed E-state index contributed by atoms with van der Waals surface area (Å²) in [5.74, 6) is 1.62. The molecular formula is C16H17BrClNO. The molecule has 0 atom stereocenters. The summed E-state index contributed by atoms with van der Waals surface area (Å²) in [5.41, 5.74) is 1.06. The van der Waals surface area contributed by atoms with Crippen molar-refractivity contribution in [2.24, 2.45) is 0 Å². The Hall–Kier alpha value is -1.03. The van der Waals surface area contributed by atoms with E-state index in [9.17, 15) is 0 Å². The van der Waals surface area contributed by atoms with Gasteiger partial charge < -0.3 is 10.1 Å². The van der Waals surface area contributed by atoms with Crippen LogP contribution in [0.3, 0.4) is 0 Å². The first kappa shape index (κ1) is 15.4. The van der Waals surface area contributed by atoms with Crippen LogP contribution < -0.4 is 10.1 Å². The van der Waals surface area contributed by atoms with Gasteiger partial charge in [0.2, 0.25) is 0 Å². The molecule has 106 valence electrons. The van der Waals surface area contributed by atoms with E-state index in [0.29, 0.717) is 0 Å². The SMILES string of the molecule is CCCNCc1cc(Cl)ccc1Oc1ccccc1Br. The van der Waals surface area contributed by atoms with Crippen molar-refractivity contribution in [1.82, 2.24) is 5.32 Å². The van der Waals surface area contributed by atoms with Gasteiger partial charge in [-0.15, -0.1) is 0 Å². The summed E-state index contributed by atoms with van der Waals surface area (Å²) in [6.07, 6.45) is 1.10. The van der Waals surface area contributed by atoms with E-state index in [1.54, 1.807) is 0 Å². The number of hydrogen-bond donors (Lipinski definition) is 1. The van der Waals surface area contributed by atoms with Crippen molar-refractivity contribution >= 4 is 27.5 Å². The molecular weight excluding hydrogens is 338 g/mol. The van der Waals surface area contributed by atoms with Crippen molar-refractivity contribution in [1.29, 1.82) is 0 Å². The van der Waals surface area contributed by atoms with Crippen LogP contribution in [0.25, 0.3) is 0 Å². The van der Waals surface area contributed by atoms with Crippen molar-refractivity contribution in [3.8, 4) is 11.5 Å². The Morgan fingerprint density at radius 3 is 2.70 bits per heavy atom. The average Bonchev–Trinajstić information content (AvgIpc) is 2.44. The third-order valence-corrected chi connectivity index (χ3v) is 3.71. The lowest BCUT2D eigenvalue weighted by atomic mass is 10.2. The average molecular weight is 355 g/mol. The monoisotopic (exact) mass is 353 g/mol. The van der Waals surface area contributed by atoms with Crippen LogP contribution in [0.15, 0.2) is 46.9 Å². The minimum atomic E-state index is 0.720. The second-order valence-electron chi connectivity index (χ2n) is 4.46. The fourth-order valence-corrected chi connectivity index (χ4v) is 2.39. The molecule has 0 saturated carbocycles. The highest BCUT2D eigenvalue weighted by molar-refractivity contribution is 9.10. The Bertz CT molecular complexity index is 574. The lowest BCUT2D eigenvalue weighted by Crippen LogP contribution is -2.14. The molecule has 0 spiro atoms. The highest BCUT2D eigenvalue weighted by Gasteiger charge is 2.08. The van der Waals surface area contributed by atoms with E-state index in [4.69, 9.17) is 16.3 Å². The summed E-state index contributed by atoms with van der Waals surface area (Å²) in [5, 5.41) is 4.09. The number of benzene rings is 2. The van der Waals surface area contributed by atoms with Crippen LogP contribution in [0.1, 0.15) is 18.9 Å². The predicted octanol–water partition coefficient (Wildman–Crippen LogP) is 5.39. The quantitative estimate of drug-likeness (QED) is 0.702. The molecule has 0 saturated heterocycles. The zero-order chi connectivity index (χ0) is 14.4. The zero-order valence-corrected chi connectivity index (χ0v) is 13.7. The van der Waals surface area contributed by atoms with E-state index < -0.39 is 0 Å². The molecule has 1 N–H and O–H groups in total. The Kier molecular flexibility index (Phi) is 5.89. The molecule has 2 rings (SSSR count). The first-order valence-corrected chi connectivity index (χ1v) is 7.79. The second kappa shape index (κ2) is 7.67. The van der Waals surface area contributed by atoms with E-state index in [-0.39, 0.29) is 0 Å². The zero-order valence-electron chi connectivity index (χ0n) is 11.3. The number of halogens is 2. The summed E-state index contributed by atoms with van der Waals surface area (Å²) in [7, 11) is 0. The van der Waals surface area contributed by atoms with E-state index in [1.165, 1.54) is 0 Å². The maximum Gasteiger partial charge on any atom is 0.141 e. The van der Waals surface area contributed by atoms with Gasteiger partial charge in [-0.05, 0) is 59.2 Å². The van der Waals surface area contributed by atoms with E-state index >= 15 is 0 Å². The lowest BCUT2D eigenvalue weighted by molar-refractivity contribution is 0.470. The maximum atomic E-state index is 6.07. The molecule has 2 aromatic rings. The molecule has 0 heterocycles. The predicted molar refractivity (Wildman–Crippen MR) is 87.7 cm³/mol. The van der Waals surface area contributed by atoms with Crippen LogP contribution in [0.4, 0.5) is 0 Å². The van der Waals surface area contributed by atoms with Gasteiger partial charge in [0.1, 0.15) is 11.5 Å². The number of ether oxygens (including phenoxy) is 1. The Balaban J connectivity index is 2.20. The third kappa shape index (κ3) is 4.23. The molecule has 0 unspecified atom stereocenters. The van der Waals surface area contributed by atoms with Crippen molar-refractivity contribution in [2.75, 3.05) is 6.54 Å². The second-order valence-corrected chi connectivity index (χ2v) is 5.75. The number of para-hydroxylation sites is 1. The van der Waals surface area contributed by atoms with Crippen molar-refractivity contribution in [2.45, 2.75) is 19.9 Å². The number of rotatable bonds is 6. The molecule has 0 aliphatic carbocycles. The number of nitrogens with one attached hydrogen (secondary N) is 1. The highest BCUT2D eigenvalue weighted by Crippen LogP contribution is 2.32. The molecule has 20 heavy (non-hydrogen) atoms. The van der Waals surface area contributed by atoms with Crippen LogP contribution in [-0.4, -0.2) is 6.54 Å². The van der Waals surface area contributed by atoms with Gasteiger partial charge in [0.05, 0.1) is 4.47 Å². The summed E-state index contributed by atoms with van der Waals surface area (Å²) in [6, 6.07) is 13.5. The molecule has 0 aliphatic heterocycles. The first-order chi connectivity index (χ1) is 9.70. The molecule has 0 aliphatic rings. The molecule has 0 amide bonds. The van der Waals surface area contributed by atoms with Crippen LogP contribution in [-0.2, 0) is 6.54 Å². The lowest BCUT2D eigenvalue weighted by Gasteiger charge is -2.13. The Morgan fingerprint density at radius 2 is 1.95 bits per heavy atom. The van der Waals surface area contributed by atoms with Gasteiger partial charge >= 0.3 is 0 Å². The van der Waals surface area contributed by atoms with E-state index in [1.807, 2.05) is 42.5 Å². The standard InChI is InChI=1S/C16H17BrClNO/c1-2-9-19-11-12-10-13(18)7-8-15(12)20-16-6-4-3-5-14(16)17/h3-8,10,19H,2,9,11H2,1H3. The van der Waals surface area contributed by atoms with Gasteiger partial charge in [-0.1, -0.05) is 30.7 Å². The maximum absolute atomic E-state index is 6.07. The van der Waals surface area contributed by atoms with Crippen LogP contribution in [0.2, 0.25) is 5.02 Å². The van der Waals surface area contributed by atoms with Crippen molar-refractivity contribution in [3.05, 3.63) is 57.5 Å². The Morgan fingerprint density at radius 1 is 1.15 bits per heavy atom. The topological polar surface area (TPSA) is 21.3 Å². The van der Waals surface area contributed by atoms with Gasteiger partial charge in [-0.2, -0.15) is 0 Å². The van der Waals surface area contributed by atoms with Gasteiger partial charge in [-0.25, -0.2) is 0 Å². The van der Waals surface area contributed by atoms with Gasteiger partial charge in [0.15, 0.2) is 0 Å². The fraction of sp³-hybridized carbons (Fsp3) is 0.250. The summed E-state index contributed by atoms with van der Waals surface area (Å²) in [4.78, 5) is 0. The van der Waals surface area contributed by atoms with Gasteiger partial charge in [0, 0.05) is 17.1 Å². The van der Waals surface area contributed by atoms with Gasteiger partial charge in [-0.3, -0.25) is 0 Å². The van der Waals surface area contributed by atoms with Crippen LogP contribution >= 0.6 is 27.5 Å². The Labute approximate surface area is 133 Å². The van der Waals surface area contributed by atoms with Crippen molar-refractivity contribution in [3.63, 3.8) is 0 Å². The fourth-order valence-electron chi connectivity index (χ4n) is 1.83. The highest BCUT2D eigenvalue weighted by atomic mass is 79.9. The molecule has 0 radical (unpaired) electrons. The summed E-state index contributed by atoms with van der Waals surface area (Å²) in [6.45, 7) is 3.86. The third-order valence-electron chi connectivity index (χ3n) is 2.82. The molecule has 0 fully saturated rings. The first-order valence-electron chi connectivity index (χ1n) is 6.62. The van der Waals surface area contributed by atoms with Crippen molar-refractivity contribution < 1.29 is 4.74 Å². The summed E-state index contributed by atoms with van der Waals surface area (Å²) >= 11 is 9.56. The minimum absolute atomic E-state index is 0.720. The molecule has 0 aromatic heterocycles. The van der Waals surface area contributed by atoms with E-state index in [2.05, 4.69) is 28.2 Å². The largest absolute Gasteiger partial charge is 0.456 e. The van der Waals surface area contributed by atoms with Crippen LogP contribution in [0.5, 0.6) is 11.5 Å². The normalized spacial score (nSPS) is 10.6. The molecule has 2 nitrogen and oxygen atoms in total. The minimum Gasteiger partial charge on any atom is -0.456 e. The van der Waals surface area contributed by atoms with E-state index in [0.717, 1.165) is 46.1 Å². The smallest absolute Gasteiger partial charge is 0.141 e. The molecule has 0 bridgehead atoms.